The molecule has 0 aliphatic heterocycles. The molecule has 1 heterocycles. The maximum Gasteiger partial charge on any atom is 0.223 e. The van der Waals surface area contributed by atoms with E-state index in [-0.39, 0.29) is 11.8 Å². The fourth-order valence-electron chi connectivity index (χ4n) is 2.98. The van der Waals surface area contributed by atoms with Crippen molar-refractivity contribution in [1.82, 2.24) is 10.3 Å². The molecule has 1 aromatic heterocycles. The molecule has 0 spiro atoms. The molecule has 2 aliphatic rings. The molecule has 0 unspecified atom stereocenters. The van der Waals surface area contributed by atoms with Crippen LogP contribution in [-0.4, -0.2) is 17.4 Å². The topological polar surface area (TPSA) is 42.0 Å². The molecule has 3 nitrogen and oxygen atoms in total. The summed E-state index contributed by atoms with van der Waals surface area (Å²) in [6.45, 7) is 0.752. The molecule has 4 heteroatoms. The summed E-state index contributed by atoms with van der Waals surface area (Å²) in [5, 5.41) is 4.27. The Bertz CT molecular complexity index is 414. The number of aryl methyl sites for hydroxylation is 2. The van der Waals surface area contributed by atoms with E-state index in [1.165, 1.54) is 41.3 Å². The van der Waals surface area contributed by atoms with Gasteiger partial charge < -0.3 is 5.32 Å². The van der Waals surface area contributed by atoms with Gasteiger partial charge in [0.1, 0.15) is 0 Å². The third-order valence-corrected chi connectivity index (χ3v) is 5.22. The predicted octanol–water partition coefficient (Wildman–Crippen LogP) is 2.48. The number of nitrogens with zero attached hydrogens (tertiary/aromatic N) is 1. The van der Waals surface area contributed by atoms with Crippen LogP contribution in [0.4, 0.5) is 0 Å². The number of fused-ring (bicyclic) bond motifs is 1. The molecule has 1 saturated carbocycles. The zero-order valence-corrected chi connectivity index (χ0v) is 11.5. The molecule has 2 aliphatic carbocycles. The van der Waals surface area contributed by atoms with Gasteiger partial charge in [0.2, 0.25) is 5.91 Å². The van der Waals surface area contributed by atoms with Crippen molar-refractivity contribution in [3.05, 3.63) is 15.6 Å². The molecule has 0 radical (unpaired) electrons. The number of rotatable bonds is 4. The smallest absolute Gasteiger partial charge is 0.223 e. The van der Waals surface area contributed by atoms with Crippen molar-refractivity contribution in [2.75, 3.05) is 6.54 Å². The number of nitrogens with one attached hydrogen (secondary N) is 1. The second-order valence-corrected chi connectivity index (χ2v) is 6.52. The van der Waals surface area contributed by atoms with Gasteiger partial charge in [0, 0.05) is 23.8 Å². The van der Waals surface area contributed by atoms with E-state index in [0.717, 1.165) is 32.2 Å². The monoisotopic (exact) mass is 264 g/mol. The molecule has 1 N–H and O–H groups in total. The van der Waals surface area contributed by atoms with Crippen LogP contribution in [0.3, 0.4) is 0 Å². The largest absolute Gasteiger partial charge is 0.355 e. The first kappa shape index (κ1) is 12.2. The molecule has 98 valence electrons. The summed E-state index contributed by atoms with van der Waals surface area (Å²) in [7, 11) is 0. The molecule has 1 fully saturated rings. The van der Waals surface area contributed by atoms with Gasteiger partial charge in [0.25, 0.3) is 0 Å². The Labute approximate surface area is 112 Å². The Kier molecular flexibility index (Phi) is 3.64. The van der Waals surface area contributed by atoms with Crippen molar-refractivity contribution in [3.63, 3.8) is 0 Å². The summed E-state index contributed by atoms with van der Waals surface area (Å²) in [5.74, 6) is 0.544. The average molecular weight is 264 g/mol. The minimum Gasteiger partial charge on any atom is -0.355 e. The third-order valence-electron chi connectivity index (χ3n) is 4.00. The van der Waals surface area contributed by atoms with Crippen LogP contribution < -0.4 is 5.32 Å². The van der Waals surface area contributed by atoms with Gasteiger partial charge in [-0.05, 0) is 32.1 Å². The molecule has 0 saturated heterocycles. The lowest BCUT2D eigenvalue weighted by atomic mass is 10.1. The van der Waals surface area contributed by atoms with Gasteiger partial charge >= 0.3 is 0 Å². The Hall–Kier alpha value is -0.900. The zero-order chi connectivity index (χ0) is 12.4. The number of carbonyl (C=O) groups excluding carboxylic acids is 1. The van der Waals surface area contributed by atoms with Crippen LogP contribution in [0.5, 0.6) is 0 Å². The fraction of sp³-hybridized carbons (Fsp3) is 0.714. The predicted molar refractivity (Wildman–Crippen MR) is 72.8 cm³/mol. The first-order valence-electron chi connectivity index (χ1n) is 7.08. The molecule has 1 aromatic rings. The molecule has 18 heavy (non-hydrogen) atoms. The Morgan fingerprint density at radius 2 is 2.11 bits per heavy atom. The van der Waals surface area contributed by atoms with Crippen LogP contribution in [0.1, 0.15) is 47.7 Å². The molecular weight excluding hydrogens is 244 g/mol. The maximum atomic E-state index is 11.8. The zero-order valence-electron chi connectivity index (χ0n) is 10.7. The van der Waals surface area contributed by atoms with Gasteiger partial charge in [-0.1, -0.05) is 12.8 Å². The first-order chi connectivity index (χ1) is 8.83. The van der Waals surface area contributed by atoms with E-state index in [2.05, 4.69) is 10.3 Å². The minimum atomic E-state index is 0.261. The molecule has 0 aromatic carbocycles. The maximum absolute atomic E-state index is 11.8. The van der Waals surface area contributed by atoms with Crippen LogP contribution in [0.25, 0.3) is 0 Å². The van der Waals surface area contributed by atoms with Crippen molar-refractivity contribution >= 4 is 17.2 Å². The Morgan fingerprint density at radius 3 is 2.89 bits per heavy atom. The highest BCUT2D eigenvalue weighted by Crippen LogP contribution is 2.27. The summed E-state index contributed by atoms with van der Waals surface area (Å²) in [5.41, 5.74) is 1.32. The van der Waals surface area contributed by atoms with E-state index in [1.54, 1.807) is 0 Å². The lowest BCUT2D eigenvalue weighted by molar-refractivity contribution is -0.124. The summed E-state index contributed by atoms with van der Waals surface area (Å²) in [6.07, 6.45) is 9.13. The number of carbonyl (C=O) groups is 1. The van der Waals surface area contributed by atoms with Crippen molar-refractivity contribution in [2.24, 2.45) is 5.92 Å². The second kappa shape index (κ2) is 5.39. The lowest BCUT2D eigenvalue weighted by Crippen LogP contribution is -2.30. The number of aromatic nitrogens is 1. The van der Waals surface area contributed by atoms with Crippen LogP contribution in [0.2, 0.25) is 0 Å². The summed E-state index contributed by atoms with van der Waals surface area (Å²) in [4.78, 5) is 18.0. The van der Waals surface area contributed by atoms with Crippen LogP contribution >= 0.6 is 11.3 Å². The first-order valence-corrected chi connectivity index (χ1v) is 7.90. The van der Waals surface area contributed by atoms with Crippen LogP contribution in [0.15, 0.2) is 0 Å². The normalized spacial score (nSPS) is 19.1. The standard InChI is InChI=1S/C14H20N2OS/c17-14(10-4-1-2-5-10)15-9-8-13-16-11-6-3-7-12(11)18-13/h10H,1-9H2,(H,15,17). The highest BCUT2D eigenvalue weighted by atomic mass is 32.1. The fourth-order valence-corrected chi connectivity index (χ4v) is 4.13. The number of hydrogen-bond acceptors (Lipinski definition) is 3. The third kappa shape index (κ3) is 2.58. The van der Waals surface area contributed by atoms with E-state index in [9.17, 15) is 4.79 Å². The van der Waals surface area contributed by atoms with Gasteiger partial charge in [-0.25, -0.2) is 4.98 Å². The molecule has 0 atom stereocenters. The van der Waals surface area contributed by atoms with Gasteiger partial charge in [0.15, 0.2) is 0 Å². The molecule has 3 rings (SSSR count). The van der Waals surface area contributed by atoms with E-state index in [0.29, 0.717) is 0 Å². The van der Waals surface area contributed by atoms with Gasteiger partial charge in [0.05, 0.1) is 10.7 Å². The van der Waals surface area contributed by atoms with Gasteiger partial charge in [-0.2, -0.15) is 0 Å². The highest BCUT2D eigenvalue weighted by molar-refractivity contribution is 7.11. The van der Waals surface area contributed by atoms with E-state index in [1.807, 2.05) is 11.3 Å². The number of amides is 1. The summed E-state index contributed by atoms with van der Waals surface area (Å²) in [6, 6.07) is 0. The number of hydrogen-bond donors (Lipinski definition) is 1. The average Bonchev–Trinajstić information content (AvgIpc) is 3.05. The van der Waals surface area contributed by atoms with Gasteiger partial charge in [-0.3, -0.25) is 4.79 Å². The Morgan fingerprint density at radius 1 is 1.28 bits per heavy atom. The van der Waals surface area contributed by atoms with Gasteiger partial charge in [-0.15, -0.1) is 11.3 Å². The molecular formula is C14H20N2OS. The summed E-state index contributed by atoms with van der Waals surface area (Å²) >= 11 is 1.84. The lowest BCUT2D eigenvalue weighted by Gasteiger charge is -2.09. The molecule has 1 amide bonds. The number of thiazole rings is 1. The van der Waals surface area contributed by atoms with Crippen LogP contribution in [-0.2, 0) is 24.1 Å². The van der Waals surface area contributed by atoms with Crippen LogP contribution in [0, 0.1) is 5.92 Å². The van der Waals surface area contributed by atoms with Crippen molar-refractivity contribution < 1.29 is 4.79 Å². The van der Waals surface area contributed by atoms with Crippen molar-refractivity contribution in [2.45, 2.75) is 51.4 Å². The van der Waals surface area contributed by atoms with Crippen molar-refractivity contribution in [1.29, 1.82) is 0 Å². The summed E-state index contributed by atoms with van der Waals surface area (Å²) < 4.78 is 0. The van der Waals surface area contributed by atoms with E-state index < -0.39 is 0 Å². The highest BCUT2D eigenvalue weighted by Gasteiger charge is 2.22. The second-order valence-electron chi connectivity index (χ2n) is 5.35. The quantitative estimate of drug-likeness (QED) is 0.908. The SMILES string of the molecule is O=C(NCCc1nc2c(s1)CCC2)C1CCCC1. The minimum absolute atomic E-state index is 0.261. The molecule has 0 bridgehead atoms. The van der Waals surface area contributed by atoms with E-state index in [4.69, 9.17) is 0 Å². The van der Waals surface area contributed by atoms with E-state index >= 15 is 0 Å². The Balaban J connectivity index is 1.45. The van der Waals surface area contributed by atoms with Crippen molar-refractivity contribution in [3.8, 4) is 0 Å².